The standard InChI is InChI=1S/C18H26N2O2/c1-4-14(3)15-9-5-6-10-16(15)19-17(21)18(22)20-11-7-8-13(2)12-20/h5-6,9-10,13-14H,4,7-8,11-12H2,1-3H3,(H,19,21). The predicted octanol–water partition coefficient (Wildman–Crippen LogP) is 3.40. The fourth-order valence-corrected chi connectivity index (χ4v) is 2.95. The molecular weight excluding hydrogens is 276 g/mol. The summed E-state index contributed by atoms with van der Waals surface area (Å²) in [5.41, 5.74) is 1.83. The Labute approximate surface area is 132 Å². The first kappa shape index (κ1) is 16.5. The van der Waals surface area contributed by atoms with Crippen LogP contribution in [0.25, 0.3) is 0 Å². The third-order valence-corrected chi connectivity index (χ3v) is 4.49. The Balaban J connectivity index is 2.07. The van der Waals surface area contributed by atoms with Crippen LogP contribution in [0, 0.1) is 5.92 Å². The quantitative estimate of drug-likeness (QED) is 0.870. The van der Waals surface area contributed by atoms with Crippen LogP contribution in [0.1, 0.15) is 51.5 Å². The Morgan fingerprint density at radius 3 is 2.77 bits per heavy atom. The van der Waals surface area contributed by atoms with Crippen molar-refractivity contribution in [3.8, 4) is 0 Å². The van der Waals surface area contributed by atoms with Gasteiger partial charge in [0.25, 0.3) is 0 Å². The van der Waals surface area contributed by atoms with Crippen LogP contribution in [-0.2, 0) is 9.59 Å². The van der Waals surface area contributed by atoms with E-state index >= 15 is 0 Å². The van der Waals surface area contributed by atoms with E-state index in [0.29, 0.717) is 24.9 Å². The van der Waals surface area contributed by atoms with Crippen molar-refractivity contribution in [3.63, 3.8) is 0 Å². The van der Waals surface area contributed by atoms with Gasteiger partial charge < -0.3 is 10.2 Å². The molecular formula is C18H26N2O2. The lowest BCUT2D eigenvalue weighted by atomic mass is 9.97. The van der Waals surface area contributed by atoms with Gasteiger partial charge in [-0.05, 0) is 42.7 Å². The molecule has 4 heteroatoms. The van der Waals surface area contributed by atoms with Gasteiger partial charge >= 0.3 is 11.8 Å². The van der Waals surface area contributed by atoms with E-state index in [2.05, 4.69) is 26.1 Å². The molecule has 22 heavy (non-hydrogen) atoms. The first-order chi connectivity index (χ1) is 10.5. The van der Waals surface area contributed by atoms with Crippen LogP contribution in [0.4, 0.5) is 5.69 Å². The molecule has 0 spiro atoms. The Kier molecular flexibility index (Phi) is 5.58. The average molecular weight is 302 g/mol. The van der Waals surface area contributed by atoms with Crippen molar-refractivity contribution in [1.29, 1.82) is 0 Å². The first-order valence-electron chi connectivity index (χ1n) is 8.22. The predicted molar refractivity (Wildman–Crippen MR) is 88.8 cm³/mol. The molecule has 2 unspecified atom stereocenters. The van der Waals surface area contributed by atoms with Crippen LogP contribution in [0.3, 0.4) is 0 Å². The molecule has 1 heterocycles. The van der Waals surface area contributed by atoms with Crippen molar-refractivity contribution < 1.29 is 9.59 Å². The van der Waals surface area contributed by atoms with Crippen LogP contribution in [-0.4, -0.2) is 29.8 Å². The number of para-hydroxylation sites is 1. The van der Waals surface area contributed by atoms with Gasteiger partial charge in [0.05, 0.1) is 0 Å². The Hall–Kier alpha value is -1.84. The molecule has 0 bridgehead atoms. The van der Waals surface area contributed by atoms with Crippen molar-refractivity contribution in [3.05, 3.63) is 29.8 Å². The number of benzene rings is 1. The Morgan fingerprint density at radius 1 is 1.36 bits per heavy atom. The molecule has 1 N–H and O–H groups in total. The SMILES string of the molecule is CCC(C)c1ccccc1NC(=O)C(=O)N1CCCC(C)C1. The summed E-state index contributed by atoms with van der Waals surface area (Å²) in [4.78, 5) is 26.3. The number of nitrogens with zero attached hydrogens (tertiary/aromatic N) is 1. The number of hydrogen-bond donors (Lipinski definition) is 1. The van der Waals surface area contributed by atoms with E-state index in [0.717, 1.165) is 30.5 Å². The van der Waals surface area contributed by atoms with Gasteiger partial charge in [0, 0.05) is 18.8 Å². The highest BCUT2D eigenvalue weighted by molar-refractivity contribution is 6.39. The van der Waals surface area contributed by atoms with Crippen LogP contribution in [0.15, 0.2) is 24.3 Å². The summed E-state index contributed by atoms with van der Waals surface area (Å²) in [6.45, 7) is 7.72. The third kappa shape index (κ3) is 3.87. The molecule has 0 aliphatic carbocycles. The summed E-state index contributed by atoms with van der Waals surface area (Å²) in [7, 11) is 0. The number of carbonyl (C=O) groups excluding carboxylic acids is 2. The number of anilines is 1. The summed E-state index contributed by atoms with van der Waals surface area (Å²) >= 11 is 0. The molecule has 1 aromatic carbocycles. The minimum Gasteiger partial charge on any atom is -0.334 e. The summed E-state index contributed by atoms with van der Waals surface area (Å²) in [6, 6.07) is 7.73. The van der Waals surface area contributed by atoms with E-state index in [9.17, 15) is 9.59 Å². The van der Waals surface area contributed by atoms with E-state index < -0.39 is 11.8 Å². The van der Waals surface area contributed by atoms with E-state index in [1.807, 2.05) is 24.3 Å². The van der Waals surface area contributed by atoms with Crippen molar-refractivity contribution in [1.82, 2.24) is 4.90 Å². The molecule has 1 fully saturated rings. The zero-order valence-corrected chi connectivity index (χ0v) is 13.8. The van der Waals surface area contributed by atoms with Crippen molar-refractivity contribution in [2.75, 3.05) is 18.4 Å². The van der Waals surface area contributed by atoms with E-state index in [4.69, 9.17) is 0 Å². The lowest BCUT2D eigenvalue weighted by Crippen LogP contribution is -2.44. The highest BCUT2D eigenvalue weighted by atomic mass is 16.2. The second-order valence-electron chi connectivity index (χ2n) is 6.35. The Bertz CT molecular complexity index is 542. The summed E-state index contributed by atoms with van der Waals surface area (Å²) in [5.74, 6) is -0.116. The number of rotatable bonds is 3. The summed E-state index contributed by atoms with van der Waals surface area (Å²) in [5, 5.41) is 2.81. The smallest absolute Gasteiger partial charge is 0.313 e. The molecule has 2 amide bonds. The summed E-state index contributed by atoms with van der Waals surface area (Å²) < 4.78 is 0. The molecule has 2 rings (SSSR count). The molecule has 120 valence electrons. The lowest BCUT2D eigenvalue weighted by Gasteiger charge is -2.30. The van der Waals surface area contributed by atoms with Gasteiger partial charge in [0.2, 0.25) is 0 Å². The minimum absolute atomic E-state index is 0.349. The van der Waals surface area contributed by atoms with Gasteiger partial charge in [0.15, 0.2) is 0 Å². The van der Waals surface area contributed by atoms with Gasteiger partial charge in [-0.2, -0.15) is 0 Å². The maximum Gasteiger partial charge on any atom is 0.313 e. The van der Waals surface area contributed by atoms with Gasteiger partial charge in [-0.15, -0.1) is 0 Å². The van der Waals surface area contributed by atoms with Crippen molar-refractivity contribution in [2.24, 2.45) is 5.92 Å². The van der Waals surface area contributed by atoms with Gasteiger partial charge in [0.1, 0.15) is 0 Å². The maximum atomic E-state index is 12.3. The van der Waals surface area contributed by atoms with Crippen molar-refractivity contribution >= 4 is 17.5 Å². The third-order valence-electron chi connectivity index (χ3n) is 4.49. The molecule has 1 aromatic rings. The number of amides is 2. The second-order valence-corrected chi connectivity index (χ2v) is 6.35. The maximum absolute atomic E-state index is 12.3. The molecule has 0 radical (unpaired) electrons. The normalized spacial score (nSPS) is 19.6. The molecule has 1 saturated heterocycles. The Morgan fingerprint density at radius 2 is 2.09 bits per heavy atom. The highest BCUT2D eigenvalue weighted by Crippen LogP contribution is 2.26. The van der Waals surface area contributed by atoms with E-state index in [-0.39, 0.29) is 0 Å². The molecule has 1 aliphatic heterocycles. The number of piperidine rings is 1. The van der Waals surface area contributed by atoms with Crippen LogP contribution >= 0.6 is 0 Å². The second kappa shape index (κ2) is 7.43. The molecule has 1 aliphatic rings. The number of carbonyl (C=O) groups is 2. The zero-order chi connectivity index (χ0) is 16.1. The molecule has 2 atom stereocenters. The number of nitrogens with one attached hydrogen (secondary N) is 1. The fraction of sp³-hybridized carbons (Fsp3) is 0.556. The topological polar surface area (TPSA) is 49.4 Å². The average Bonchev–Trinajstić information content (AvgIpc) is 2.53. The van der Waals surface area contributed by atoms with Gasteiger partial charge in [-0.3, -0.25) is 9.59 Å². The van der Waals surface area contributed by atoms with Gasteiger partial charge in [-0.25, -0.2) is 0 Å². The first-order valence-corrected chi connectivity index (χ1v) is 8.22. The van der Waals surface area contributed by atoms with Crippen LogP contribution < -0.4 is 5.32 Å². The number of likely N-dealkylation sites (tertiary alicyclic amines) is 1. The molecule has 0 saturated carbocycles. The van der Waals surface area contributed by atoms with E-state index in [1.165, 1.54) is 0 Å². The molecule has 4 nitrogen and oxygen atoms in total. The van der Waals surface area contributed by atoms with Crippen LogP contribution in [0.5, 0.6) is 0 Å². The fourth-order valence-electron chi connectivity index (χ4n) is 2.95. The lowest BCUT2D eigenvalue weighted by molar-refractivity contribution is -0.144. The van der Waals surface area contributed by atoms with E-state index in [1.54, 1.807) is 4.90 Å². The monoisotopic (exact) mass is 302 g/mol. The summed E-state index contributed by atoms with van der Waals surface area (Å²) in [6.07, 6.45) is 3.09. The highest BCUT2D eigenvalue weighted by Gasteiger charge is 2.26. The van der Waals surface area contributed by atoms with Gasteiger partial charge in [-0.1, -0.05) is 39.0 Å². The van der Waals surface area contributed by atoms with Crippen LogP contribution in [0.2, 0.25) is 0 Å². The van der Waals surface area contributed by atoms with Crippen molar-refractivity contribution in [2.45, 2.75) is 46.0 Å². The largest absolute Gasteiger partial charge is 0.334 e. The number of hydrogen-bond acceptors (Lipinski definition) is 2. The minimum atomic E-state index is -0.523. The zero-order valence-electron chi connectivity index (χ0n) is 13.8. The molecule has 0 aromatic heterocycles.